The lowest BCUT2D eigenvalue weighted by atomic mass is 9.88. The van der Waals surface area contributed by atoms with Gasteiger partial charge in [-0.15, -0.1) is 0 Å². The summed E-state index contributed by atoms with van der Waals surface area (Å²) >= 11 is 0. The van der Waals surface area contributed by atoms with Gasteiger partial charge >= 0.3 is 12.0 Å². The topological polar surface area (TPSA) is 50.6 Å². The number of aryl methyl sites for hydroxylation is 1. The molecule has 1 aromatic carbocycles. The van der Waals surface area contributed by atoms with E-state index in [0.717, 1.165) is 22.7 Å². The average molecular weight is 394 g/mol. The van der Waals surface area contributed by atoms with Crippen LogP contribution in [0.5, 0.6) is 0 Å². The van der Waals surface area contributed by atoms with Crippen molar-refractivity contribution in [2.45, 2.75) is 31.1 Å². The first-order valence-corrected chi connectivity index (χ1v) is 9.11. The summed E-state index contributed by atoms with van der Waals surface area (Å²) in [6.45, 7) is 1.82. The highest BCUT2D eigenvalue weighted by Gasteiger charge is 2.57. The third-order valence-corrected chi connectivity index (χ3v) is 5.49. The molecule has 0 atom stereocenters. The Balaban J connectivity index is 1.50. The van der Waals surface area contributed by atoms with Crippen LogP contribution in [-0.2, 0) is 23.1 Å². The van der Waals surface area contributed by atoms with Crippen molar-refractivity contribution in [3.8, 4) is 0 Å². The van der Waals surface area contributed by atoms with Crippen LogP contribution < -0.4 is 4.90 Å². The van der Waals surface area contributed by atoms with Crippen molar-refractivity contribution in [3.63, 3.8) is 0 Å². The number of likely N-dealkylation sites (tertiary alicyclic amines) is 1. The number of morpholine rings is 1. The number of alkyl halides is 2. The largest absolute Gasteiger partial charge is 0.437 e. The molecule has 1 aromatic heterocycles. The van der Waals surface area contributed by atoms with Gasteiger partial charge in [-0.25, -0.2) is 9.37 Å². The summed E-state index contributed by atoms with van der Waals surface area (Å²) in [6.07, 6.45) is 0.329. The zero-order valence-electron chi connectivity index (χ0n) is 15.4. The van der Waals surface area contributed by atoms with Gasteiger partial charge in [-0.3, -0.25) is 9.69 Å². The summed E-state index contributed by atoms with van der Waals surface area (Å²) in [4.78, 5) is 19.5. The number of nitrogens with zero attached hydrogens (tertiary/aromatic N) is 4. The van der Waals surface area contributed by atoms with E-state index < -0.39 is 23.4 Å². The first-order chi connectivity index (χ1) is 13.3. The van der Waals surface area contributed by atoms with Crippen molar-refractivity contribution in [1.29, 1.82) is 0 Å². The van der Waals surface area contributed by atoms with Crippen LogP contribution in [0.25, 0.3) is 0 Å². The fraction of sp³-hybridized carbons (Fsp3) is 0.474. The maximum atomic E-state index is 14.4. The second kappa shape index (κ2) is 6.89. The number of aromatic nitrogens is 2. The number of imidazole rings is 1. The van der Waals surface area contributed by atoms with E-state index in [0.29, 0.717) is 32.5 Å². The lowest BCUT2D eigenvalue weighted by Crippen LogP contribution is -2.64. The molecular formula is C19H21F3N4O2. The molecule has 6 nitrogen and oxygen atoms in total. The predicted octanol–water partition coefficient (Wildman–Crippen LogP) is 2.55. The molecule has 150 valence electrons. The Kier molecular flexibility index (Phi) is 4.67. The van der Waals surface area contributed by atoms with Crippen LogP contribution >= 0.6 is 0 Å². The van der Waals surface area contributed by atoms with Gasteiger partial charge in [-0.05, 0) is 37.1 Å². The van der Waals surface area contributed by atoms with E-state index in [9.17, 15) is 18.0 Å². The minimum Gasteiger partial charge on any atom is -0.337 e. The zero-order valence-corrected chi connectivity index (χ0v) is 15.4. The Hall–Kier alpha value is -2.39. The van der Waals surface area contributed by atoms with E-state index in [1.54, 1.807) is 12.5 Å². The molecule has 3 heterocycles. The molecule has 0 radical (unpaired) electrons. The third-order valence-electron chi connectivity index (χ3n) is 5.49. The molecule has 0 unspecified atom stereocenters. The summed E-state index contributed by atoms with van der Waals surface area (Å²) in [5, 5.41) is 0. The molecule has 0 N–H and O–H groups in total. The molecule has 0 aliphatic carbocycles. The third kappa shape index (κ3) is 3.51. The van der Waals surface area contributed by atoms with E-state index in [2.05, 4.69) is 9.88 Å². The second-order valence-electron chi connectivity index (χ2n) is 7.44. The van der Waals surface area contributed by atoms with Gasteiger partial charge in [-0.1, -0.05) is 0 Å². The summed E-state index contributed by atoms with van der Waals surface area (Å²) in [5.41, 5.74) is 0.148. The molecule has 0 saturated carbocycles. The Labute approximate surface area is 160 Å². The van der Waals surface area contributed by atoms with Crippen molar-refractivity contribution in [1.82, 2.24) is 14.5 Å². The maximum Gasteiger partial charge on any atom is 0.437 e. The quantitative estimate of drug-likeness (QED) is 0.803. The number of halogens is 3. The smallest absolute Gasteiger partial charge is 0.337 e. The number of hydrogen-bond donors (Lipinski definition) is 0. The number of carbonyl (C=O) groups excluding carboxylic acids is 1. The highest BCUT2D eigenvalue weighted by atomic mass is 19.3. The van der Waals surface area contributed by atoms with Gasteiger partial charge in [-0.2, -0.15) is 8.78 Å². The van der Waals surface area contributed by atoms with Crippen LogP contribution in [0.1, 0.15) is 18.5 Å². The number of anilines is 1. The molecule has 4 rings (SSSR count). The molecule has 2 aliphatic heterocycles. The molecule has 0 bridgehead atoms. The first-order valence-electron chi connectivity index (χ1n) is 9.11. The molecule has 2 saturated heterocycles. The second-order valence-corrected chi connectivity index (χ2v) is 7.44. The van der Waals surface area contributed by atoms with E-state index in [4.69, 9.17) is 4.74 Å². The van der Waals surface area contributed by atoms with Crippen LogP contribution in [0.4, 0.5) is 18.9 Å². The Bertz CT molecular complexity index is 860. The molecule has 1 spiro atoms. The van der Waals surface area contributed by atoms with Crippen LogP contribution in [0.3, 0.4) is 0 Å². The van der Waals surface area contributed by atoms with Gasteiger partial charge in [0.25, 0.3) is 0 Å². The Morgan fingerprint density at radius 3 is 2.46 bits per heavy atom. The maximum absolute atomic E-state index is 14.4. The van der Waals surface area contributed by atoms with Crippen LogP contribution in [0.15, 0.2) is 36.8 Å². The van der Waals surface area contributed by atoms with Crippen LogP contribution in [-0.4, -0.2) is 51.7 Å². The fourth-order valence-corrected chi connectivity index (χ4v) is 3.84. The standard InChI is InChI=1S/C19H21F3N4O2/c1-24-13-23-10-16(24)11-25-8-6-18(7-9-25)12-26(17(27)19(21,22)28-18)15-4-2-14(20)3-5-15/h2-5,10,13H,6-9,11-12H2,1H3. The summed E-state index contributed by atoms with van der Waals surface area (Å²) in [5.74, 6) is -1.91. The predicted molar refractivity (Wildman–Crippen MR) is 95.2 cm³/mol. The molecule has 1 amide bonds. The zero-order chi connectivity index (χ0) is 19.9. The Morgan fingerprint density at radius 1 is 1.18 bits per heavy atom. The molecule has 9 heteroatoms. The fourth-order valence-electron chi connectivity index (χ4n) is 3.84. The van der Waals surface area contributed by atoms with Gasteiger partial charge < -0.3 is 14.2 Å². The number of hydrogen-bond acceptors (Lipinski definition) is 4. The van der Waals surface area contributed by atoms with E-state index >= 15 is 0 Å². The summed E-state index contributed by atoms with van der Waals surface area (Å²) < 4.78 is 48.9. The number of benzene rings is 1. The lowest BCUT2D eigenvalue weighted by molar-refractivity contribution is -0.293. The van der Waals surface area contributed by atoms with Crippen molar-refractivity contribution >= 4 is 11.6 Å². The highest BCUT2D eigenvalue weighted by molar-refractivity contribution is 5.98. The van der Waals surface area contributed by atoms with Crippen molar-refractivity contribution in [3.05, 3.63) is 48.3 Å². The van der Waals surface area contributed by atoms with Crippen molar-refractivity contribution in [2.75, 3.05) is 24.5 Å². The van der Waals surface area contributed by atoms with Crippen LogP contribution in [0, 0.1) is 5.82 Å². The minimum absolute atomic E-state index is 0.0204. The molecule has 2 fully saturated rings. The first kappa shape index (κ1) is 18.9. The van der Waals surface area contributed by atoms with E-state index in [-0.39, 0.29) is 12.2 Å². The Morgan fingerprint density at radius 2 is 1.86 bits per heavy atom. The molecular weight excluding hydrogens is 373 g/mol. The van der Waals surface area contributed by atoms with Gasteiger partial charge in [0.1, 0.15) is 5.82 Å². The minimum atomic E-state index is -3.91. The number of carbonyl (C=O) groups is 1. The average Bonchev–Trinajstić information content (AvgIpc) is 3.06. The van der Waals surface area contributed by atoms with Gasteiger partial charge in [0, 0.05) is 38.6 Å². The summed E-state index contributed by atoms with van der Waals surface area (Å²) in [6, 6.07) is 4.97. The van der Waals surface area contributed by atoms with Gasteiger partial charge in [0.05, 0.1) is 24.2 Å². The highest BCUT2D eigenvalue weighted by Crippen LogP contribution is 2.40. The monoisotopic (exact) mass is 394 g/mol. The number of rotatable bonds is 3. The number of piperidine rings is 1. The molecule has 2 aliphatic rings. The number of amides is 1. The molecule has 2 aromatic rings. The van der Waals surface area contributed by atoms with Crippen LogP contribution in [0.2, 0.25) is 0 Å². The van der Waals surface area contributed by atoms with Crippen molar-refractivity contribution < 1.29 is 22.7 Å². The van der Waals surface area contributed by atoms with Crippen molar-refractivity contribution in [2.24, 2.45) is 7.05 Å². The lowest BCUT2D eigenvalue weighted by Gasteiger charge is -2.48. The number of ether oxygens (including phenoxy) is 1. The SMILES string of the molecule is Cn1cncc1CN1CCC2(CC1)CN(c1ccc(F)cc1)C(=O)C(F)(F)O2. The molecule has 28 heavy (non-hydrogen) atoms. The summed E-state index contributed by atoms with van der Waals surface area (Å²) in [7, 11) is 1.91. The van der Waals surface area contributed by atoms with Gasteiger partial charge in [0.2, 0.25) is 0 Å². The van der Waals surface area contributed by atoms with E-state index in [1.807, 2.05) is 11.6 Å². The van der Waals surface area contributed by atoms with Gasteiger partial charge in [0.15, 0.2) is 0 Å². The van der Waals surface area contributed by atoms with E-state index in [1.165, 1.54) is 12.1 Å². The normalized spacial score (nSPS) is 22.0.